The highest BCUT2D eigenvalue weighted by molar-refractivity contribution is 7.92. The molecule has 3 aromatic carbocycles. The van der Waals surface area contributed by atoms with Crippen LogP contribution in [0.15, 0.2) is 65.6 Å². The Labute approximate surface area is 159 Å². The Bertz CT molecular complexity index is 1150. The van der Waals surface area contributed by atoms with Gasteiger partial charge < -0.3 is 5.73 Å². The third-order valence-electron chi connectivity index (χ3n) is 4.35. The molecule has 5 nitrogen and oxygen atoms in total. The number of nitrogens with zero attached hydrogens (tertiary/aromatic N) is 1. The van der Waals surface area contributed by atoms with E-state index in [1.54, 1.807) is 24.3 Å². The lowest BCUT2D eigenvalue weighted by atomic mass is 9.99. The Kier molecular flexibility index (Phi) is 4.89. The second kappa shape index (κ2) is 7.14. The molecule has 0 spiro atoms. The first-order valence-corrected chi connectivity index (χ1v) is 9.78. The average Bonchev–Trinajstić information content (AvgIpc) is 2.63. The van der Waals surface area contributed by atoms with Gasteiger partial charge in [-0.25, -0.2) is 8.42 Å². The summed E-state index contributed by atoms with van der Waals surface area (Å²) in [6, 6.07) is 19.3. The number of aryl methyl sites for hydroxylation is 2. The van der Waals surface area contributed by atoms with Gasteiger partial charge in [-0.1, -0.05) is 24.3 Å². The van der Waals surface area contributed by atoms with Crippen molar-refractivity contribution >= 4 is 21.4 Å². The number of sulfonamides is 1. The molecule has 0 atom stereocenters. The fourth-order valence-corrected chi connectivity index (χ4v) is 3.85. The summed E-state index contributed by atoms with van der Waals surface area (Å²) in [5.74, 6) is 0. The van der Waals surface area contributed by atoms with Crippen LogP contribution in [0.2, 0.25) is 0 Å². The standard InChI is InChI=1S/C21H19N3O2S/c1-14-3-4-17(16-5-6-18(13-22)15(2)11-16)12-21(14)24-27(25,26)20-9-7-19(23)8-10-20/h3-12,24H,23H2,1-2H3. The molecule has 3 rings (SSSR count). The lowest BCUT2D eigenvalue weighted by Crippen LogP contribution is -2.13. The van der Waals surface area contributed by atoms with Crippen molar-refractivity contribution in [3.05, 3.63) is 77.4 Å². The predicted molar refractivity (Wildman–Crippen MR) is 108 cm³/mol. The van der Waals surface area contributed by atoms with Gasteiger partial charge in [0.1, 0.15) is 0 Å². The van der Waals surface area contributed by atoms with Crippen LogP contribution in [0.25, 0.3) is 11.1 Å². The van der Waals surface area contributed by atoms with Crippen LogP contribution in [0.3, 0.4) is 0 Å². The van der Waals surface area contributed by atoms with Crippen LogP contribution in [0.4, 0.5) is 11.4 Å². The molecule has 0 aliphatic carbocycles. The van der Waals surface area contributed by atoms with E-state index in [1.807, 2.05) is 38.1 Å². The largest absolute Gasteiger partial charge is 0.399 e. The molecule has 0 saturated carbocycles. The van der Waals surface area contributed by atoms with Gasteiger partial charge in [-0.15, -0.1) is 0 Å². The fourth-order valence-electron chi connectivity index (χ4n) is 2.73. The van der Waals surface area contributed by atoms with Crippen molar-refractivity contribution in [2.45, 2.75) is 18.7 Å². The first-order valence-electron chi connectivity index (χ1n) is 8.30. The van der Waals surface area contributed by atoms with E-state index in [0.29, 0.717) is 16.9 Å². The van der Waals surface area contributed by atoms with Gasteiger partial charge in [0.25, 0.3) is 10.0 Å². The summed E-state index contributed by atoms with van der Waals surface area (Å²) in [5.41, 5.74) is 10.7. The number of benzene rings is 3. The predicted octanol–water partition coefficient (Wildman–Crippen LogP) is 4.23. The van der Waals surface area contributed by atoms with E-state index in [2.05, 4.69) is 10.8 Å². The second-order valence-electron chi connectivity index (χ2n) is 6.35. The fraction of sp³-hybridized carbons (Fsp3) is 0.0952. The number of nitrogens with one attached hydrogen (secondary N) is 1. The molecular weight excluding hydrogens is 358 g/mol. The topological polar surface area (TPSA) is 96.0 Å². The van der Waals surface area contributed by atoms with Gasteiger partial charge in [0.2, 0.25) is 0 Å². The number of anilines is 2. The summed E-state index contributed by atoms with van der Waals surface area (Å²) in [7, 11) is -3.72. The zero-order valence-electron chi connectivity index (χ0n) is 15.0. The second-order valence-corrected chi connectivity index (χ2v) is 8.03. The van der Waals surface area contributed by atoms with Crippen LogP contribution in [0.5, 0.6) is 0 Å². The molecule has 0 heterocycles. The van der Waals surface area contributed by atoms with Crippen LogP contribution in [0.1, 0.15) is 16.7 Å². The number of hydrogen-bond donors (Lipinski definition) is 2. The molecule has 0 aliphatic rings. The van der Waals surface area contributed by atoms with E-state index >= 15 is 0 Å². The number of nitrogens with two attached hydrogens (primary N) is 1. The molecule has 136 valence electrons. The Morgan fingerprint density at radius 3 is 2.15 bits per heavy atom. The molecule has 0 radical (unpaired) electrons. The summed E-state index contributed by atoms with van der Waals surface area (Å²) in [6.07, 6.45) is 0. The lowest BCUT2D eigenvalue weighted by Gasteiger charge is -2.13. The molecule has 6 heteroatoms. The summed E-state index contributed by atoms with van der Waals surface area (Å²) in [5, 5.41) is 9.08. The quantitative estimate of drug-likeness (QED) is 0.665. The maximum atomic E-state index is 12.7. The van der Waals surface area contributed by atoms with Crippen molar-refractivity contribution in [1.29, 1.82) is 5.26 Å². The molecule has 0 fully saturated rings. The number of nitrogen functional groups attached to an aromatic ring is 1. The van der Waals surface area contributed by atoms with Gasteiger partial charge in [0, 0.05) is 5.69 Å². The summed E-state index contributed by atoms with van der Waals surface area (Å²) in [6.45, 7) is 3.72. The Balaban J connectivity index is 1.98. The van der Waals surface area contributed by atoms with Crippen molar-refractivity contribution in [2.24, 2.45) is 0 Å². The number of rotatable bonds is 4. The van der Waals surface area contributed by atoms with Crippen molar-refractivity contribution in [2.75, 3.05) is 10.5 Å². The van der Waals surface area contributed by atoms with Crippen molar-refractivity contribution in [3.8, 4) is 17.2 Å². The van der Waals surface area contributed by atoms with Crippen LogP contribution >= 0.6 is 0 Å². The lowest BCUT2D eigenvalue weighted by molar-refractivity contribution is 0.601. The maximum absolute atomic E-state index is 12.7. The summed E-state index contributed by atoms with van der Waals surface area (Å²) in [4.78, 5) is 0.149. The Morgan fingerprint density at radius 1 is 0.889 bits per heavy atom. The first kappa shape index (κ1) is 18.5. The van der Waals surface area contributed by atoms with E-state index in [-0.39, 0.29) is 4.90 Å². The highest BCUT2D eigenvalue weighted by Crippen LogP contribution is 2.28. The third kappa shape index (κ3) is 3.94. The Hall–Kier alpha value is -3.30. The minimum absolute atomic E-state index is 0.149. The van der Waals surface area contributed by atoms with E-state index in [4.69, 9.17) is 11.0 Å². The highest BCUT2D eigenvalue weighted by atomic mass is 32.2. The normalized spacial score (nSPS) is 11.0. The molecule has 0 saturated heterocycles. The molecular formula is C21H19N3O2S. The van der Waals surface area contributed by atoms with Crippen molar-refractivity contribution < 1.29 is 8.42 Å². The highest BCUT2D eigenvalue weighted by Gasteiger charge is 2.16. The van der Waals surface area contributed by atoms with Crippen LogP contribution < -0.4 is 10.5 Å². The number of hydrogen-bond acceptors (Lipinski definition) is 4. The average molecular weight is 377 g/mol. The third-order valence-corrected chi connectivity index (χ3v) is 5.73. The minimum atomic E-state index is -3.72. The van der Waals surface area contributed by atoms with Crippen molar-refractivity contribution in [1.82, 2.24) is 0 Å². The van der Waals surface area contributed by atoms with Crippen LogP contribution in [0, 0.1) is 25.2 Å². The maximum Gasteiger partial charge on any atom is 0.261 e. The molecule has 0 aromatic heterocycles. The minimum Gasteiger partial charge on any atom is -0.399 e. The van der Waals surface area contributed by atoms with E-state index in [1.165, 1.54) is 12.1 Å². The SMILES string of the molecule is Cc1cc(-c2ccc(C)c(NS(=O)(=O)c3ccc(N)cc3)c2)ccc1C#N. The summed E-state index contributed by atoms with van der Waals surface area (Å²) < 4.78 is 28.0. The first-order chi connectivity index (χ1) is 12.8. The zero-order valence-corrected chi connectivity index (χ0v) is 15.8. The van der Waals surface area contributed by atoms with Gasteiger partial charge in [0.15, 0.2) is 0 Å². The Morgan fingerprint density at radius 2 is 1.52 bits per heavy atom. The summed E-state index contributed by atoms with van der Waals surface area (Å²) >= 11 is 0. The van der Waals surface area contributed by atoms with Crippen LogP contribution in [-0.2, 0) is 10.0 Å². The monoisotopic (exact) mass is 377 g/mol. The molecule has 3 N–H and O–H groups in total. The van der Waals surface area contributed by atoms with Gasteiger partial charge >= 0.3 is 0 Å². The van der Waals surface area contributed by atoms with Crippen molar-refractivity contribution in [3.63, 3.8) is 0 Å². The van der Waals surface area contributed by atoms with E-state index in [9.17, 15) is 8.42 Å². The van der Waals surface area contributed by atoms with E-state index in [0.717, 1.165) is 22.3 Å². The molecule has 27 heavy (non-hydrogen) atoms. The molecule has 0 bridgehead atoms. The molecule has 3 aromatic rings. The van der Waals surface area contributed by atoms with Gasteiger partial charge in [-0.3, -0.25) is 4.72 Å². The van der Waals surface area contributed by atoms with Gasteiger partial charge in [-0.2, -0.15) is 5.26 Å². The van der Waals surface area contributed by atoms with Gasteiger partial charge in [-0.05, 0) is 72.5 Å². The molecule has 0 amide bonds. The molecule has 0 unspecified atom stereocenters. The molecule has 0 aliphatic heterocycles. The number of nitriles is 1. The van der Waals surface area contributed by atoms with Crippen LogP contribution in [-0.4, -0.2) is 8.42 Å². The smallest absolute Gasteiger partial charge is 0.261 e. The van der Waals surface area contributed by atoms with Gasteiger partial charge in [0.05, 0.1) is 22.2 Å². The van der Waals surface area contributed by atoms with E-state index < -0.39 is 10.0 Å². The zero-order chi connectivity index (χ0) is 19.6.